The number of imide groups is 1. The van der Waals surface area contributed by atoms with Gasteiger partial charge in [0.2, 0.25) is 0 Å². The monoisotopic (exact) mass is 364 g/mol. The van der Waals surface area contributed by atoms with Gasteiger partial charge in [0, 0.05) is 16.3 Å². The smallest absolute Gasteiger partial charge is 0.325 e. The predicted molar refractivity (Wildman–Crippen MR) is 83.7 cm³/mol. The van der Waals surface area contributed by atoms with Gasteiger partial charge in [0.15, 0.2) is 0 Å². The number of hydrogen-bond donors (Lipinski definition) is 1. The second-order valence-corrected chi connectivity index (χ2v) is 8.18. The largest absolute Gasteiger partial charge is 0.326 e. The summed E-state index contributed by atoms with van der Waals surface area (Å²) >= 11 is 11.8. The van der Waals surface area contributed by atoms with E-state index in [4.69, 9.17) is 23.2 Å². The first-order valence-electron chi connectivity index (χ1n) is 6.41. The number of nitrogens with one attached hydrogen (secondary N) is 1. The summed E-state index contributed by atoms with van der Waals surface area (Å²) in [5.74, 6) is -0.626. The van der Waals surface area contributed by atoms with Gasteiger partial charge in [0.25, 0.3) is 5.91 Å². The summed E-state index contributed by atoms with van der Waals surface area (Å²) in [5, 5.41) is 3.29. The van der Waals surface area contributed by atoms with Gasteiger partial charge in [-0.2, -0.15) is 0 Å². The Hall–Kier alpha value is -1.31. The number of urea groups is 1. The molecule has 0 bridgehead atoms. The fourth-order valence-corrected chi connectivity index (χ4v) is 3.21. The molecule has 1 aliphatic heterocycles. The second kappa shape index (κ2) is 6.44. The Labute approximate surface area is 138 Å². The maximum atomic E-state index is 12.2. The molecular weight excluding hydrogens is 351 g/mol. The van der Waals surface area contributed by atoms with Crippen LogP contribution in [0.1, 0.15) is 12.0 Å². The highest BCUT2D eigenvalue weighted by atomic mass is 35.5. The topological polar surface area (TPSA) is 83.6 Å². The molecule has 1 fully saturated rings. The van der Waals surface area contributed by atoms with Crippen LogP contribution >= 0.6 is 23.2 Å². The van der Waals surface area contributed by atoms with Crippen LogP contribution in [0.4, 0.5) is 4.79 Å². The lowest BCUT2D eigenvalue weighted by Gasteiger charge is -2.14. The van der Waals surface area contributed by atoms with E-state index >= 15 is 0 Å². The van der Waals surface area contributed by atoms with Crippen LogP contribution in [0, 0.1) is 0 Å². The van der Waals surface area contributed by atoms with Crippen LogP contribution in [0.5, 0.6) is 0 Å². The maximum absolute atomic E-state index is 12.2. The fourth-order valence-electron chi connectivity index (χ4n) is 2.07. The van der Waals surface area contributed by atoms with E-state index in [1.165, 1.54) is 6.07 Å². The molecule has 0 unspecified atom stereocenters. The highest BCUT2D eigenvalue weighted by Crippen LogP contribution is 2.24. The van der Waals surface area contributed by atoms with Crippen LogP contribution in [0.2, 0.25) is 10.0 Å². The Balaban J connectivity index is 2.09. The zero-order chi connectivity index (χ0) is 16.5. The summed E-state index contributed by atoms with van der Waals surface area (Å²) in [6, 6.07) is 3.39. The zero-order valence-electron chi connectivity index (χ0n) is 11.7. The average molecular weight is 365 g/mol. The molecule has 22 heavy (non-hydrogen) atoms. The van der Waals surface area contributed by atoms with E-state index in [2.05, 4.69) is 5.32 Å². The average Bonchev–Trinajstić information content (AvgIpc) is 2.66. The summed E-state index contributed by atoms with van der Waals surface area (Å²) in [6.45, 7) is 0.00996. The standard InChI is InChI=1S/C13H14Cl2N2O4S/c1-22(20,21)5-4-11-12(18)17(13(19)16-11)7-8-2-3-9(14)6-10(8)15/h2-3,6,11H,4-5,7H2,1H3,(H,16,19)/t11-/m1/s1. The lowest BCUT2D eigenvalue weighted by Crippen LogP contribution is -2.32. The van der Waals surface area contributed by atoms with Crippen molar-refractivity contribution in [3.63, 3.8) is 0 Å². The third-order valence-electron chi connectivity index (χ3n) is 3.23. The highest BCUT2D eigenvalue weighted by molar-refractivity contribution is 7.90. The molecule has 0 spiro atoms. The number of rotatable bonds is 5. The van der Waals surface area contributed by atoms with Gasteiger partial charge >= 0.3 is 6.03 Å². The van der Waals surface area contributed by atoms with Crippen LogP contribution in [-0.2, 0) is 21.2 Å². The number of carbonyl (C=O) groups is 2. The Bertz CT molecular complexity index is 721. The molecular formula is C13H14Cl2N2O4S. The lowest BCUT2D eigenvalue weighted by atomic mass is 10.2. The van der Waals surface area contributed by atoms with Crippen molar-refractivity contribution in [2.75, 3.05) is 12.0 Å². The van der Waals surface area contributed by atoms with Crippen LogP contribution < -0.4 is 5.32 Å². The summed E-state index contributed by atoms with van der Waals surface area (Å²) in [6.07, 6.45) is 1.13. The Morgan fingerprint density at radius 1 is 1.27 bits per heavy atom. The van der Waals surface area contributed by atoms with E-state index in [0.717, 1.165) is 11.2 Å². The molecule has 1 aliphatic rings. The van der Waals surface area contributed by atoms with Crippen molar-refractivity contribution >= 4 is 45.0 Å². The van der Waals surface area contributed by atoms with Gasteiger partial charge in [-0.3, -0.25) is 9.69 Å². The molecule has 1 N–H and O–H groups in total. The Morgan fingerprint density at radius 2 is 1.95 bits per heavy atom. The van der Waals surface area contributed by atoms with Gasteiger partial charge in [-0.1, -0.05) is 29.3 Å². The van der Waals surface area contributed by atoms with Crippen molar-refractivity contribution in [2.24, 2.45) is 0 Å². The normalized spacial score (nSPS) is 18.7. The van der Waals surface area contributed by atoms with Crippen LogP contribution in [0.15, 0.2) is 18.2 Å². The minimum absolute atomic E-state index is 0.00996. The minimum atomic E-state index is -3.20. The van der Waals surface area contributed by atoms with Crippen molar-refractivity contribution in [3.8, 4) is 0 Å². The molecule has 9 heteroatoms. The summed E-state index contributed by atoms with van der Waals surface area (Å²) in [5.41, 5.74) is 0.582. The molecule has 2 rings (SSSR count). The molecule has 6 nitrogen and oxygen atoms in total. The molecule has 1 aromatic carbocycles. The van der Waals surface area contributed by atoms with Crippen molar-refractivity contribution in [1.29, 1.82) is 0 Å². The maximum Gasteiger partial charge on any atom is 0.325 e. The molecule has 1 heterocycles. The molecule has 120 valence electrons. The summed E-state index contributed by atoms with van der Waals surface area (Å²) in [4.78, 5) is 25.1. The third-order valence-corrected chi connectivity index (χ3v) is 4.79. The lowest BCUT2D eigenvalue weighted by molar-refractivity contribution is -0.127. The molecule has 1 aromatic rings. The third kappa shape index (κ3) is 4.12. The van der Waals surface area contributed by atoms with Crippen molar-refractivity contribution < 1.29 is 18.0 Å². The second-order valence-electron chi connectivity index (χ2n) is 5.08. The first-order valence-corrected chi connectivity index (χ1v) is 9.22. The molecule has 1 atom stereocenters. The number of benzene rings is 1. The van der Waals surface area contributed by atoms with E-state index in [1.54, 1.807) is 12.1 Å². The number of nitrogens with zero attached hydrogens (tertiary/aromatic N) is 1. The Morgan fingerprint density at radius 3 is 2.55 bits per heavy atom. The zero-order valence-corrected chi connectivity index (χ0v) is 14.0. The first kappa shape index (κ1) is 17.1. The van der Waals surface area contributed by atoms with Gasteiger partial charge < -0.3 is 5.32 Å². The Kier molecular flexibility index (Phi) is 4.99. The van der Waals surface area contributed by atoms with Crippen LogP contribution in [-0.4, -0.2) is 43.3 Å². The molecule has 0 saturated carbocycles. The van der Waals surface area contributed by atoms with Gasteiger partial charge in [-0.25, -0.2) is 13.2 Å². The fraction of sp³-hybridized carbons (Fsp3) is 0.385. The van der Waals surface area contributed by atoms with E-state index < -0.39 is 27.8 Å². The number of amides is 3. The molecule has 1 saturated heterocycles. The van der Waals surface area contributed by atoms with Gasteiger partial charge in [0.05, 0.1) is 12.3 Å². The molecule has 3 amide bonds. The van der Waals surface area contributed by atoms with Crippen molar-refractivity contribution in [2.45, 2.75) is 19.0 Å². The molecule has 0 radical (unpaired) electrons. The van der Waals surface area contributed by atoms with Crippen molar-refractivity contribution in [3.05, 3.63) is 33.8 Å². The first-order chi connectivity index (χ1) is 10.2. The summed E-state index contributed by atoms with van der Waals surface area (Å²) in [7, 11) is -3.20. The quantitative estimate of drug-likeness (QED) is 0.808. The van der Waals surface area contributed by atoms with Crippen LogP contribution in [0.25, 0.3) is 0 Å². The SMILES string of the molecule is CS(=O)(=O)CC[C@H]1NC(=O)N(Cc2ccc(Cl)cc2Cl)C1=O. The minimum Gasteiger partial charge on any atom is -0.326 e. The highest BCUT2D eigenvalue weighted by Gasteiger charge is 2.38. The van der Waals surface area contributed by atoms with E-state index in [9.17, 15) is 18.0 Å². The number of carbonyl (C=O) groups excluding carboxylic acids is 2. The van der Waals surface area contributed by atoms with Gasteiger partial charge in [-0.05, 0) is 24.1 Å². The van der Waals surface area contributed by atoms with Crippen LogP contribution in [0.3, 0.4) is 0 Å². The molecule has 0 aromatic heterocycles. The molecule has 0 aliphatic carbocycles. The number of hydrogen-bond acceptors (Lipinski definition) is 4. The van der Waals surface area contributed by atoms with E-state index in [1.807, 2.05) is 0 Å². The predicted octanol–water partition coefficient (Wildman–Crippen LogP) is 1.85. The van der Waals surface area contributed by atoms with E-state index in [-0.39, 0.29) is 18.7 Å². The number of halogens is 2. The summed E-state index contributed by atoms with van der Waals surface area (Å²) < 4.78 is 22.3. The van der Waals surface area contributed by atoms with E-state index in [0.29, 0.717) is 15.6 Å². The van der Waals surface area contributed by atoms with Crippen molar-refractivity contribution in [1.82, 2.24) is 10.2 Å². The van der Waals surface area contributed by atoms with Gasteiger partial charge in [0.1, 0.15) is 15.9 Å². The number of sulfone groups is 1. The van der Waals surface area contributed by atoms with Gasteiger partial charge in [-0.15, -0.1) is 0 Å².